The van der Waals surface area contributed by atoms with E-state index in [1.54, 1.807) is 26.6 Å². The van der Waals surface area contributed by atoms with Crippen LogP contribution in [0.15, 0.2) is 12.2 Å². The SMILES string of the molecule is C=C(C)C(=O)OCCC[Si](C)(O)O[Si](C)(C)O. The predicted molar refractivity (Wildman–Crippen MR) is 69.8 cm³/mol. The summed E-state index contributed by atoms with van der Waals surface area (Å²) in [4.78, 5) is 30.6. The Kier molecular flexibility index (Phi) is 6.27. The highest BCUT2D eigenvalue weighted by atomic mass is 28.5. The monoisotopic (exact) mass is 278 g/mol. The number of hydrogen-bond acceptors (Lipinski definition) is 5. The minimum atomic E-state index is -2.84. The molecule has 0 aromatic carbocycles. The summed E-state index contributed by atoms with van der Waals surface area (Å²) in [5.74, 6) is -0.427. The lowest BCUT2D eigenvalue weighted by molar-refractivity contribution is -0.138. The van der Waals surface area contributed by atoms with E-state index >= 15 is 0 Å². The Balaban J connectivity index is 3.88. The first-order valence-electron chi connectivity index (χ1n) is 5.51. The maximum absolute atomic E-state index is 11.1. The Labute approximate surface area is 105 Å². The van der Waals surface area contributed by atoms with Gasteiger partial charge in [0.1, 0.15) is 0 Å². The third kappa shape index (κ3) is 9.25. The van der Waals surface area contributed by atoms with Gasteiger partial charge in [-0.15, -0.1) is 0 Å². The first-order chi connectivity index (χ1) is 7.53. The van der Waals surface area contributed by atoms with Crippen LogP contribution in [-0.2, 0) is 13.6 Å². The zero-order valence-electron chi connectivity index (χ0n) is 10.9. The molecule has 2 N–H and O–H groups in total. The second-order valence-corrected chi connectivity index (χ2v) is 11.3. The van der Waals surface area contributed by atoms with Crippen molar-refractivity contribution in [3.05, 3.63) is 12.2 Å². The van der Waals surface area contributed by atoms with E-state index in [-0.39, 0.29) is 6.61 Å². The molecular weight excluding hydrogens is 256 g/mol. The molecule has 0 saturated heterocycles. The van der Waals surface area contributed by atoms with Crippen LogP contribution in [0.5, 0.6) is 0 Å². The Bertz CT molecular complexity index is 283. The molecule has 0 rings (SSSR count). The number of carbonyl (C=O) groups is 1. The van der Waals surface area contributed by atoms with E-state index < -0.39 is 23.1 Å². The molecule has 7 heteroatoms. The van der Waals surface area contributed by atoms with Gasteiger partial charge in [-0.05, 0) is 39.0 Å². The molecule has 0 heterocycles. The summed E-state index contributed by atoms with van der Waals surface area (Å²) < 4.78 is 10.2. The third-order valence-electron chi connectivity index (χ3n) is 1.84. The normalized spacial score (nSPS) is 15.2. The molecule has 0 bridgehead atoms. The zero-order valence-corrected chi connectivity index (χ0v) is 12.9. The average molecular weight is 278 g/mol. The topological polar surface area (TPSA) is 76.0 Å². The van der Waals surface area contributed by atoms with E-state index in [2.05, 4.69) is 6.58 Å². The van der Waals surface area contributed by atoms with Gasteiger partial charge in [-0.25, -0.2) is 4.79 Å². The number of ether oxygens (including phenoxy) is 1. The second kappa shape index (κ2) is 6.45. The smallest absolute Gasteiger partial charge is 0.333 e. The fourth-order valence-corrected chi connectivity index (χ4v) is 6.79. The molecule has 0 fully saturated rings. The minimum Gasteiger partial charge on any atom is -0.462 e. The quantitative estimate of drug-likeness (QED) is 0.317. The summed E-state index contributed by atoms with van der Waals surface area (Å²) in [5, 5.41) is 0. The Morgan fingerprint density at radius 1 is 1.29 bits per heavy atom. The van der Waals surface area contributed by atoms with Crippen LogP contribution in [-0.4, -0.2) is 39.3 Å². The number of esters is 1. The highest BCUT2D eigenvalue weighted by Gasteiger charge is 2.34. The molecule has 0 aromatic heterocycles. The second-order valence-electron chi connectivity index (χ2n) is 4.74. The van der Waals surface area contributed by atoms with Crippen molar-refractivity contribution in [2.75, 3.05) is 6.61 Å². The van der Waals surface area contributed by atoms with Crippen molar-refractivity contribution in [2.24, 2.45) is 0 Å². The van der Waals surface area contributed by atoms with Gasteiger partial charge in [0, 0.05) is 5.57 Å². The zero-order chi connectivity index (χ0) is 13.7. The molecule has 1 atom stereocenters. The van der Waals surface area contributed by atoms with Gasteiger partial charge < -0.3 is 18.4 Å². The molecule has 0 spiro atoms. The molecule has 0 aliphatic carbocycles. The van der Waals surface area contributed by atoms with E-state index in [4.69, 9.17) is 8.85 Å². The van der Waals surface area contributed by atoms with E-state index in [1.165, 1.54) is 0 Å². The van der Waals surface area contributed by atoms with E-state index in [1.807, 2.05) is 0 Å². The highest BCUT2D eigenvalue weighted by Crippen LogP contribution is 2.15. The summed E-state index contributed by atoms with van der Waals surface area (Å²) in [5.41, 5.74) is 0.356. The standard InChI is InChI=1S/C10H22O5Si2/c1-9(2)10(11)14-7-6-8-17(5,13)15-16(3,4)12/h12-13H,1,6-8H2,2-5H3. The van der Waals surface area contributed by atoms with Crippen molar-refractivity contribution in [3.8, 4) is 0 Å². The number of hydrogen-bond donors (Lipinski definition) is 2. The maximum Gasteiger partial charge on any atom is 0.333 e. The Morgan fingerprint density at radius 3 is 2.24 bits per heavy atom. The van der Waals surface area contributed by atoms with E-state index in [0.717, 1.165) is 0 Å². The number of carbonyl (C=O) groups excluding carboxylic acids is 1. The molecule has 17 heavy (non-hydrogen) atoms. The van der Waals surface area contributed by atoms with Crippen molar-refractivity contribution >= 4 is 23.1 Å². The van der Waals surface area contributed by atoms with Crippen LogP contribution in [0.2, 0.25) is 25.7 Å². The van der Waals surface area contributed by atoms with Gasteiger partial charge in [-0.2, -0.15) is 0 Å². The van der Waals surface area contributed by atoms with Crippen LogP contribution in [0.1, 0.15) is 13.3 Å². The van der Waals surface area contributed by atoms with Gasteiger partial charge in [0.2, 0.25) is 0 Å². The number of rotatable bonds is 7. The summed E-state index contributed by atoms with van der Waals surface area (Å²) in [6.07, 6.45) is 0.517. The molecule has 0 saturated carbocycles. The van der Waals surface area contributed by atoms with Crippen molar-refractivity contribution < 1.29 is 23.2 Å². The van der Waals surface area contributed by atoms with Crippen molar-refractivity contribution in [3.63, 3.8) is 0 Å². The largest absolute Gasteiger partial charge is 0.462 e. The fourth-order valence-electron chi connectivity index (χ4n) is 1.28. The van der Waals surface area contributed by atoms with Gasteiger partial charge in [-0.3, -0.25) is 0 Å². The summed E-state index contributed by atoms with van der Waals surface area (Å²) in [7, 11) is -5.54. The van der Waals surface area contributed by atoms with Crippen molar-refractivity contribution in [2.45, 2.75) is 39.0 Å². The molecule has 0 aliphatic rings. The van der Waals surface area contributed by atoms with Crippen LogP contribution >= 0.6 is 0 Å². The first kappa shape index (κ1) is 16.5. The van der Waals surface area contributed by atoms with Gasteiger partial charge in [-0.1, -0.05) is 6.58 Å². The molecule has 0 aromatic rings. The lowest BCUT2D eigenvalue weighted by atomic mass is 10.4. The molecule has 0 radical (unpaired) electrons. The third-order valence-corrected chi connectivity index (χ3v) is 6.87. The van der Waals surface area contributed by atoms with Crippen LogP contribution in [0.25, 0.3) is 0 Å². The summed E-state index contributed by atoms with van der Waals surface area (Å²) >= 11 is 0. The Morgan fingerprint density at radius 2 is 1.82 bits per heavy atom. The van der Waals surface area contributed by atoms with Crippen molar-refractivity contribution in [1.82, 2.24) is 0 Å². The highest BCUT2D eigenvalue weighted by molar-refractivity contribution is 6.78. The average Bonchev–Trinajstić information content (AvgIpc) is 2.07. The fraction of sp³-hybridized carbons (Fsp3) is 0.700. The van der Waals surface area contributed by atoms with Crippen LogP contribution in [0.4, 0.5) is 0 Å². The Hall–Kier alpha value is -0.476. The molecular formula is C10H22O5Si2. The lowest BCUT2D eigenvalue weighted by Gasteiger charge is -2.27. The summed E-state index contributed by atoms with van der Waals surface area (Å²) in [6.45, 7) is 10.1. The van der Waals surface area contributed by atoms with Gasteiger partial charge >= 0.3 is 23.1 Å². The van der Waals surface area contributed by atoms with Crippen molar-refractivity contribution in [1.29, 1.82) is 0 Å². The van der Waals surface area contributed by atoms with Crippen LogP contribution in [0, 0.1) is 0 Å². The van der Waals surface area contributed by atoms with Crippen LogP contribution < -0.4 is 0 Å². The van der Waals surface area contributed by atoms with Gasteiger partial charge in [0.25, 0.3) is 0 Å². The molecule has 0 amide bonds. The van der Waals surface area contributed by atoms with Gasteiger partial charge in [0.15, 0.2) is 0 Å². The molecule has 100 valence electrons. The predicted octanol–water partition coefficient (Wildman–Crippen LogP) is 1.27. The molecule has 5 nitrogen and oxygen atoms in total. The van der Waals surface area contributed by atoms with E-state index in [9.17, 15) is 14.4 Å². The summed E-state index contributed by atoms with van der Waals surface area (Å²) in [6, 6.07) is 0.424. The lowest BCUT2D eigenvalue weighted by Crippen LogP contribution is -2.46. The molecule has 0 aliphatic heterocycles. The first-order valence-corrected chi connectivity index (χ1v) is 10.9. The van der Waals surface area contributed by atoms with Gasteiger partial charge in [0.05, 0.1) is 6.61 Å². The van der Waals surface area contributed by atoms with Crippen LogP contribution in [0.3, 0.4) is 0 Å². The molecule has 1 unspecified atom stereocenters. The minimum absolute atomic E-state index is 0.228. The maximum atomic E-state index is 11.1. The van der Waals surface area contributed by atoms with E-state index in [0.29, 0.717) is 18.0 Å².